The molecular formula is C15H17N3. The van der Waals surface area contributed by atoms with Crippen LogP contribution in [0.15, 0.2) is 42.9 Å². The Morgan fingerprint density at radius 1 is 1.39 bits per heavy atom. The van der Waals surface area contributed by atoms with E-state index in [-0.39, 0.29) is 0 Å². The van der Waals surface area contributed by atoms with Crippen LogP contribution in [-0.2, 0) is 6.42 Å². The fraction of sp³-hybridized carbons (Fsp3) is 0.267. The molecule has 0 radical (unpaired) electrons. The Hall–Kier alpha value is -2.03. The van der Waals surface area contributed by atoms with Gasteiger partial charge < -0.3 is 9.88 Å². The number of nitrogens with zero attached hydrogens (tertiary/aromatic N) is 2. The van der Waals surface area contributed by atoms with Gasteiger partial charge in [-0.25, -0.2) is 4.98 Å². The van der Waals surface area contributed by atoms with Crippen molar-refractivity contribution in [2.75, 3.05) is 5.32 Å². The maximum Gasteiger partial charge on any atom is 0.115 e. The number of rotatable bonds is 2. The quantitative estimate of drug-likeness (QED) is 0.869. The number of aromatic nitrogens is 2. The number of hydrogen-bond acceptors (Lipinski definition) is 2. The first kappa shape index (κ1) is 11.1. The predicted octanol–water partition coefficient (Wildman–Crippen LogP) is 3.48. The van der Waals surface area contributed by atoms with Crippen LogP contribution in [0.2, 0.25) is 0 Å². The third-order valence-corrected chi connectivity index (χ3v) is 3.27. The van der Waals surface area contributed by atoms with E-state index in [1.165, 1.54) is 16.9 Å². The molecule has 0 saturated heterocycles. The highest BCUT2D eigenvalue weighted by Gasteiger charge is 2.15. The number of fused-ring (bicyclic) bond motifs is 1. The Labute approximate surface area is 107 Å². The summed E-state index contributed by atoms with van der Waals surface area (Å²) in [4.78, 5) is 4.43. The van der Waals surface area contributed by atoms with E-state index >= 15 is 0 Å². The molecule has 0 aliphatic carbocycles. The first-order valence-corrected chi connectivity index (χ1v) is 6.26. The van der Waals surface area contributed by atoms with Crippen molar-refractivity contribution in [2.45, 2.75) is 26.2 Å². The fourth-order valence-electron chi connectivity index (χ4n) is 2.42. The molecular weight excluding hydrogens is 222 g/mol. The zero-order chi connectivity index (χ0) is 12.7. The second-order valence-electron chi connectivity index (χ2n) is 5.06. The van der Waals surface area contributed by atoms with E-state index in [1.54, 1.807) is 0 Å². The molecule has 0 saturated carbocycles. The molecule has 1 aliphatic rings. The van der Waals surface area contributed by atoms with Gasteiger partial charge >= 0.3 is 0 Å². The third-order valence-electron chi connectivity index (χ3n) is 3.27. The van der Waals surface area contributed by atoms with Crippen LogP contribution in [0.5, 0.6) is 0 Å². The minimum Gasteiger partial charge on any atom is -0.359 e. The molecule has 1 aromatic carbocycles. The van der Waals surface area contributed by atoms with Gasteiger partial charge in [0, 0.05) is 41.8 Å². The fourth-order valence-corrected chi connectivity index (χ4v) is 2.42. The predicted molar refractivity (Wildman–Crippen MR) is 74.1 cm³/mol. The molecule has 0 atom stereocenters. The Morgan fingerprint density at radius 3 is 3.00 bits per heavy atom. The average Bonchev–Trinajstić information content (AvgIpc) is 2.91. The maximum absolute atomic E-state index is 4.43. The number of imidazole rings is 1. The van der Waals surface area contributed by atoms with Crippen LogP contribution in [0.4, 0.5) is 5.69 Å². The minimum absolute atomic E-state index is 0.418. The second-order valence-corrected chi connectivity index (χ2v) is 5.06. The first-order valence-electron chi connectivity index (χ1n) is 6.26. The van der Waals surface area contributed by atoms with Gasteiger partial charge in [-0.1, -0.05) is 20.4 Å². The summed E-state index contributed by atoms with van der Waals surface area (Å²) in [5.41, 5.74) is 4.72. The Bertz CT molecular complexity index is 608. The Kier molecular flexibility index (Phi) is 2.47. The van der Waals surface area contributed by atoms with Gasteiger partial charge in [-0.05, 0) is 23.8 Å². The van der Waals surface area contributed by atoms with Crippen LogP contribution in [0.25, 0.3) is 5.69 Å². The van der Waals surface area contributed by atoms with E-state index in [1.807, 2.05) is 12.4 Å². The Morgan fingerprint density at radius 2 is 2.22 bits per heavy atom. The van der Waals surface area contributed by atoms with Gasteiger partial charge in [0.05, 0.1) is 0 Å². The molecule has 2 aromatic rings. The molecule has 0 unspecified atom stereocenters. The molecule has 1 N–H and O–H groups in total. The number of hydrogen-bond donors (Lipinski definition) is 1. The van der Waals surface area contributed by atoms with Gasteiger partial charge in [-0.3, -0.25) is 0 Å². The van der Waals surface area contributed by atoms with Gasteiger partial charge in [0.1, 0.15) is 5.82 Å². The summed E-state index contributed by atoms with van der Waals surface area (Å²) in [6.45, 7) is 8.30. The third kappa shape index (κ3) is 1.72. The van der Waals surface area contributed by atoms with Crippen molar-refractivity contribution in [3.8, 4) is 5.69 Å². The SMILES string of the molecule is C=C1Cc2cc(-n3ccnc3C(C)C)ccc2N1. The van der Waals surface area contributed by atoms with E-state index in [9.17, 15) is 0 Å². The molecule has 0 bridgehead atoms. The van der Waals surface area contributed by atoms with Crippen molar-refractivity contribution in [3.63, 3.8) is 0 Å². The number of benzene rings is 1. The van der Waals surface area contributed by atoms with Crippen molar-refractivity contribution in [2.24, 2.45) is 0 Å². The highest BCUT2D eigenvalue weighted by atomic mass is 15.1. The van der Waals surface area contributed by atoms with Gasteiger partial charge in [0.15, 0.2) is 0 Å². The van der Waals surface area contributed by atoms with Crippen molar-refractivity contribution in [3.05, 3.63) is 54.3 Å². The Balaban J connectivity index is 2.06. The summed E-state index contributed by atoms with van der Waals surface area (Å²) in [7, 11) is 0. The molecule has 3 nitrogen and oxygen atoms in total. The van der Waals surface area contributed by atoms with Crippen molar-refractivity contribution in [1.82, 2.24) is 9.55 Å². The van der Waals surface area contributed by atoms with E-state index in [2.05, 4.69) is 53.5 Å². The van der Waals surface area contributed by atoms with E-state index < -0.39 is 0 Å². The molecule has 2 heterocycles. The highest BCUT2D eigenvalue weighted by molar-refractivity contribution is 5.64. The summed E-state index contributed by atoms with van der Waals surface area (Å²) in [6, 6.07) is 6.46. The molecule has 1 aromatic heterocycles. The van der Waals surface area contributed by atoms with E-state index in [0.29, 0.717) is 5.92 Å². The van der Waals surface area contributed by atoms with Crippen LogP contribution in [0.1, 0.15) is 31.2 Å². The van der Waals surface area contributed by atoms with Gasteiger partial charge in [0.25, 0.3) is 0 Å². The zero-order valence-electron chi connectivity index (χ0n) is 10.8. The maximum atomic E-state index is 4.43. The highest BCUT2D eigenvalue weighted by Crippen LogP contribution is 2.29. The average molecular weight is 239 g/mol. The van der Waals surface area contributed by atoms with Crippen LogP contribution >= 0.6 is 0 Å². The summed E-state index contributed by atoms with van der Waals surface area (Å²) in [6.07, 6.45) is 4.79. The molecule has 18 heavy (non-hydrogen) atoms. The van der Waals surface area contributed by atoms with Gasteiger partial charge in [-0.15, -0.1) is 0 Å². The molecule has 3 rings (SSSR count). The lowest BCUT2D eigenvalue weighted by Crippen LogP contribution is -2.02. The molecule has 1 aliphatic heterocycles. The van der Waals surface area contributed by atoms with Crippen LogP contribution in [0, 0.1) is 0 Å². The second kappa shape index (κ2) is 4.02. The van der Waals surface area contributed by atoms with Gasteiger partial charge in [0.2, 0.25) is 0 Å². The summed E-state index contributed by atoms with van der Waals surface area (Å²) < 4.78 is 2.16. The zero-order valence-corrected chi connectivity index (χ0v) is 10.8. The number of anilines is 1. The summed E-state index contributed by atoms with van der Waals surface area (Å²) in [5, 5.41) is 3.29. The van der Waals surface area contributed by atoms with Crippen molar-refractivity contribution < 1.29 is 0 Å². The largest absolute Gasteiger partial charge is 0.359 e. The molecule has 0 amide bonds. The smallest absolute Gasteiger partial charge is 0.115 e. The molecule has 3 heteroatoms. The standard InChI is InChI=1S/C15H17N3/c1-10(2)15-16-6-7-18(15)13-4-5-14-12(9-13)8-11(3)17-14/h4-7,9-10,17H,3,8H2,1-2H3. The normalized spacial score (nSPS) is 13.8. The molecule has 92 valence electrons. The van der Waals surface area contributed by atoms with Crippen molar-refractivity contribution in [1.29, 1.82) is 0 Å². The van der Waals surface area contributed by atoms with Crippen molar-refractivity contribution >= 4 is 5.69 Å². The monoisotopic (exact) mass is 239 g/mol. The van der Waals surface area contributed by atoms with Crippen LogP contribution in [0.3, 0.4) is 0 Å². The van der Waals surface area contributed by atoms with E-state index in [0.717, 1.165) is 17.9 Å². The number of allylic oxidation sites excluding steroid dienone is 1. The van der Waals surface area contributed by atoms with Gasteiger partial charge in [-0.2, -0.15) is 0 Å². The lowest BCUT2D eigenvalue weighted by atomic mass is 10.1. The van der Waals surface area contributed by atoms with E-state index in [4.69, 9.17) is 0 Å². The lowest BCUT2D eigenvalue weighted by molar-refractivity contribution is 0.751. The van der Waals surface area contributed by atoms with Crippen LogP contribution in [-0.4, -0.2) is 9.55 Å². The molecule has 0 fully saturated rings. The summed E-state index contributed by atoms with van der Waals surface area (Å²) in [5.74, 6) is 1.51. The topological polar surface area (TPSA) is 29.9 Å². The number of nitrogens with one attached hydrogen (secondary N) is 1. The van der Waals surface area contributed by atoms with Crippen LogP contribution < -0.4 is 5.32 Å². The summed E-state index contributed by atoms with van der Waals surface area (Å²) >= 11 is 0. The molecule has 0 spiro atoms. The lowest BCUT2D eigenvalue weighted by Gasteiger charge is -2.11. The minimum atomic E-state index is 0.418. The first-order chi connectivity index (χ1) is 8.65.